The number of nitrogens with zero attached hydrogens (tertiary/aromatic N) is 3. The number of thiazole rings is 1. The first-order chi connectivity index (χ1) is 13.1. The van der Waals surface area contributed by atoms with E-state index >= 15 is 0 Å². The summed E-state index contributed by atoms with van der Waals surface area (Å²) in [5.41, 5.74) is 5.95. The third-order valence-corrected chi connectivity index (χ3v) is 5.37. The van der Waals surface area contributed by atoms with Gasteiger partial charge in [-0.3, -0.25) is 9.89 Å². The van der Waals surface area contributed by atoms with Gasteiger partial charge in [0.25, 0.3) is 5.91 Å². The van der Waals surface area contributed by atoms with Crippen LogP contribution >= 0.6 is 11.3 Å². The van der Waals surface area contributed by atoms with Gasteiger partial charge in [-0.2, -0.15) is 5.10 Å². The molecule has 6 nitrogen and oxygen atoms in total. The quantitative estimate of drug-likeness (QED) is 0.554. The van der Waals surface area contributed by atoms with Crippen LogP contribution < -0.4 is 0 Å². The SMILES string of the molecule is O=C(c1cc2cc(F)c(F)cc2[nH]1)N1CCc2n[nH]c(-c3cscn3)c2C1. The Bertz CT molecular complexity index is 1130. The van der Waals surface area contributed by atoms with Crippen LogP contribution in [0.25, 0.3) is 22.3 Å². The first kappa shape index (κ1) is 16.1. The van der Waals surface area contributed by atoms with Crippen molar-refractivity contribution in [2.45, 2.75) is 13.0 Å². The fourth-order valence-corrected chi connectivity index (χ4v) is 3.97. The molecule has 1 aliphatic rings. The average Bonchev–Trinajstić information content (AvgIpc) is 3.39. The molecule has 136 valence electrons. The van der Waals surface area contributed by atoms with E-state index < -0.39 is 11.6 Å². The summed E-state index contributed by atoms with van der Waals surface area (Å²) in [6, 6.07) is 3.70. The minimum Gasteiger partial charge on any atom is -0.350 e. The smallest absolute Gasteiger partial charge is 0.270 e. The lowest BCUT2D eigenvalue weighted by Gasteiger charge is -2.26. The van der Waals surface area contributed by atoms with Crippen molar-refractivity contribution in [2.75, 3.05) is 6.54 Å². The Morgan fingerprint density at radius 3 is 2.89 bits per heavy atom. The lowest BCUT2D eigenvalue weighted by molar-refractivity contribution is 0.0729. The summed E-state index contributed by atoms with van der Waals surface area (Å²) >= 11 is 1.49. The molecule has 0 aliphatic carbocycles. The third kappa shape index (κ3) is 2.62. The molecule has 1 aliphatic heterocycles. The fourth-order valence-electron chi connectivity index (χ4n) is 3.42. The summed E-state index contributed by atoms with van der Waals surface area (Å²) in [5, 5.41) is 9.75. The third-order valence-electron chi connectivity index (χ3n) is 4.79. The van der Waals surface area contributed by atoms with Crippen LogP contribution in [-0.4, -0.2) is 37.5 Å². The van der Waals surface area contributed by atoms with Crippen LogP contribution in [0.5, 0.6) is 0 Å². The van der Waals surface area contributed by atoms with Gasteiger partial charge in [-0.1, -0.05) is 0 Å². The highest BCUT2D eigenvalue weighted by molar-refractivity contribution is 7.07. The summed E-state index contributed by atoms with van der Waals surface area (Å²) in [6.07, 6.45) is 0.630. The van der Waals surface area contributed by atoms with Gasteiger partial charge in [0.15, 0.2) is 11.6 Å². The Balaban J connectivity index is 1.46. The highest BCUT2D eigenvalue weighted by Gasteiger charge is 2.27. The van der Waals surface area contributed by atoms with Crippen molar-refractivity contribution in [2.24, 2.45) is 0 Å². The Labute approximate surface area is 155 Å². The Morgan fingerprint density at radius 1 is 1.22 bits per heavy atom. The van der Waals surface area contributed by atoms with Crippen LogP contribution in [0.3, 0.4) is 0 Å². The summed E-state index contributed by atoms with van der Waals surface area (Å²) in [7, 11) is 0. The molecular formula is C18H13F2N5OS. The number of carbonyl (C=O) groups is 1. The Hall–Kier alpha value is -3.07. The van der Waals surface area contributed by atoms with Crippen molar-refractivity contribution in [3.63, 3.8) is 0 Å². The molecule has 1 aromatic carbocycles. The van der Waals surface area contributed by atoms with Gasteiger partial charge in [0.2, 0.25) is 0 Å². The molecule has 3 aromatic heterocycles. The zero-order chi connectivity index (χ0) is 18.5. The van der Waals surface area contributed by atoms with E-state index in [4.69, 9.17) is 0 Å². The van der Waals surface area contributed by atoms with E-state index in [1.165, 1.54) is 11.3 Å². The molecule has 9 heteroatoms. The van der Waals surface area contributed by atoms with Crippen molar-refractivity contribution in [3.05, 3.63) is 57.7 Å². The zero-order valence-corrected chi connectivity index (χ0v) is 14.7. The number of rotatable bonds is 2. The Kier molecular flexibility index (Phi) is 3.57. The highest BCUT2D eigenvalue weighted by atomic mass is 32.1. The van der Waals surface area contributed by atoms with Crippen molar-refractivity contribution in [1.82, 2.24) is 25.1 Å². The molecule has 0 bridgehead atoms. The molecule has 2 N–H and O–H groups in total. The van der Waals surface area contributed by atoms with Crippen molar-refractivity contribution >= 4 is 28.1 Å². The van der Waals surface area contributed by atoms with Gasteiger partial charge >= 0.3 is 0 Å². The molecule has 4 heterocycles. The number of aromatic nitrogens is 4. The standard InChI is InChI=1S/C18H13F2N5OS/c19-11-3-9-4-15(22-14(9)5-12(11)20)18(26)25-2-1-13-10(6-25)17(24-23-13)16-7-27-8-21-16/h3-5,7-8,22H,1-2,6H2,(H,23,24). The van der Waals surface area contributed by atoms with Gasteiger partial charge < -0.3 is 9.88 Å². The maximum Gasteiger partial charge on any atom is 0.270 e. The molecule has 0 spiro atoms. The van der Waals surface area contributed by atoms with E-state index in [2.05, 4.69) is 20.2 Å². The predicted octanol–water partition coefficient (Wildman–Crippen LogP) is 3.49. The van der Waals surface area contributed by atoms with E-state index in [-0.39, 0.29) is 5.91 Å². The first-order valence-corrected chi connectivity index (χ1v) is 9.26. The summed E-state index contributed by atoms with van der Waals surface area (Å²) < 4.78 is 26.8. The predicted molar refractivity (Wildman–Crippen MR) is 96.4 cm³/mol. The van der Waals surface area contributed by atoms with Crippen LogP contribution in [0.15, 0.2) is 29.1 Å². The molecule has 0 unspecified atom stereocenters. The van der Waals surface area contributed by atoms with Gasteiger partial charge in [0, 0.05) is 40.9 Å². The summed E-state index contributed by atoms with van der Waals surface area (Å²) in [4.78, 5) is 21.8. The van der Waals surface area contributed by atoms with Crippen molar-refractivity contribution in [3.8, 4) is 11.4 Å². The second-order valence-corrected chi connectivity index (χ2v) is 7.13. The van der Waals surface area contributed by atoms with E-state index in [0.717, 1.165) is 34.8 Å². The Morgan fingerprint density at radius 2 is 2.07 bits per heavy atom. The highest BCUT2D eigenvalue weighted by Crippen LogP contribution is 2.29. The number of amides is 1. The maximum absolute atomic E-state index is 13.4. The molecular weight excluding hydrogens is 372 g/mol. The zero-order valence-electron chi connectivity index (χ0n) is 13.9. The van der Waals surface area contributed by atoms with Crippen LogP contribution in [0.2, 0.25) is 0 Å². The molecule has 1 amide bonds. The lowest BCUT2D eigenvalue weighted by Crippen LogP contribution is -2.36. The minimum absolute atomic E-state index is 0.219. The number of halogens is 2. The maximum atomic E-state index is 13.4. The van der Waals surface area contributed by atoms with Gasteiger partial charge in [0.1, 0.15) is 5.69 Å². The fraction of sp³-hybridized carbons (Fsp3) is 0.167. The number of fused-ring (bicyclic) bond motifs is 2. The number of H-pyrrole nitrogens is 2. The molecule has 0 saturated carbocycles. The van der Waals surface area contributed by atoms with E-state index in [0.29, 0.717) is 36.1 Å². The second-order valence-electron chi connectivity index (χ2n) is 6.41. The number of hydrogen-bond donors (Lipinski definition) is 2. The minimum atomic E-state index is -0.947. The van der Waals surface area contributed by atoms with Gasteiger partial charge in [-0.15, -0.1) is 11.3 Å². The molecule has 5 rings (SSSR count). The second kappa shape index (κ2) is 5.98. The van der Waals surface area contributed by atoms with Gasteiger partial charge in [0.05, 0.1) is 29.1 Å². The molecule has 0 radical (unpaired) electrons. The van der Waals surface area contributed by atoms with Gasteiger partial charge in [-0.25, -0.2) is 13.8 Å². The summed E-state index contributed by atoms with van der Waals surface area (Å²) in [6.45, 7) is 0.918. The molecule has 0 fully saturated rings. The number of aromatic amines is 2. The summed E-state index contributed by atoms with van der Waals surface area (Å²) in [5.74, 6) is -2.10. The molecule has 27 heavy (non-hydrogen) atoms. The van der Waals surface area contributed by atoms with Crippen LogP contribution in [0.1, 0.15) is 21.7 Å². The molecule has 0 atom stereocenters. The number of benzene rings is 1. The van der Waals surface area contributed by atoms with E-state index in [1.54, 1.807) is 16.5 Å². The van der Waals surface area contributed by atoms with Crippen LogP contribution in [0, 0.1) is 11.6 Å². The molecule has 4 aromatic rings. The number of hydrogen-bond acceptors (Lipinski definition) is 4. The first-order valence-electron chi connectivity index (χ1n) is 8.32. The average molecular weight is 385 g/mol. The normalized spacial score (nSPS) is 13.9. The molecule has 0 saturated heterocycles. The van der Waals surface area contributed by atoms with Crippen molar-refractivity contribution < 1.29 is 13.6 Å². The number of carbonyl (C=O) groups excluding carboxylic acids is 1. The topological polar surface area (TPSA) is 77.7 Å². The lowest BCUT2D eigenvalue weighted by atomic mass is 10.0. The van der Waals surface area contributed by atoms with Gasteiger partial charge in [-0.05, 0) is 12.1 Å². The van der Waals surface area contributed by atoms with E-state index in [9.17, 15) is 13.6 Å². The van der Waals surface area contributed by atoms with Crippen LogP contribution in [-0.2, 0) is 13.0 Å². The van der Waals surface area contributed by atoms with Crippen molar-refractivity contribution in [1.29, 1.82) is 0 Å². The number of nitrogens with one attached hydrogen (secondary N) is 2. The van der Waals surface area contributed by atoms with Crippen LogP contribution in [0.4, 0.5) is 8.78 Å². The monoisotopic (exact) mass is 385 g/mol. The van der Waals surface area contributed by atoms with E-state index in [1.807, 2.05) is 5.38 Å². The largest absolute Gasteiger partial charge is 0.350 e.